The molecule has 0 bridgehead atoms. The Morgan fingerprint density at radius 1 is 1.48 bits per heavy atom. The summed E-state index contributed by atoms with van der Waals surface area (Å²) in [4.78, 5) is 30.5. The van der Waals surface area contributed by atoms with Crippen molar-refractivity contribution < 1.29 is 9.59 Å². The molecule has 6 heteroatoms. The van der Waals surface area contributed by atoms with E-state index in [0.29, 0.717) is 24.5 Å². The third-order valence-electron chi connectivity index (χ3n) is 4.35. The maximum Gasteiger partial charge on any atom is 0.248 e. The van der Waals surface area contributed by atoms with Gasteiger partial charge in [-0.3, -0.25) is 14.6 Å². The first kappa shape index (κ1) is 14.3. The molecule has 1 aromatic rings. The zero-order valence-electron chi connectivity index (χ0n) is 11.9. The number of carbonyl (C=O) groups excluding carboxylic acids is 2. The van der Waals surface area contributed by atoms with Crippen LogP contribution in [0.15, 0.2) is 18.5 Å². The van der Waals surface area contributed by atoms with Crippen LogP contribution in [0.25, 0.3) is 0 Å². The fraction of sp³-hybridized carbons (Fsp3) is 0.533. The van der Waals surface area contributed by atoms with Crippen molar-refractivity contribution in [1.82, 2.24) is 15.2 Å². The Hall–Kier alpha value is -1.62. The topological polar surface area (TPSA) is 62.3 Å². The lowest BCUT2D eigenvalue weighted by atomic mass is 9.94. The highest BCUT2D eigenvalue weighted by molar-refractivity contribution is 6.31. The van der Waals surface area contributed by atoms with Gasteiger partial charge in [0.2, 0.25) is 11.8 Å². The fourth-order valence-corrected chi connectivity index (χ4v) is 3.08. The number of carbonyl (C=O) groups is 2. The molecular weight excluding hydrogens is 290 g/mol. The summed E-state index contributed by atoms with van der Waals surface area (Å²) < 4.78 is 0. The van der Waals surface area contributed by atoms with E-state index in [4.69, 9.17) is 11.6 Å². The smallest absolute Gasteiger partial charge is 0.248 e. The monoisotopic (exact) mass is 307 g/mol. The molecular formula is C15H18ClN3O2. The number of nitrogens with zero attached hydrogens (tertiary/aromatic N) is 2. The Bertz CT molecular complexity index is 588. The van der Waals surface area contributed by atoms with Gasteiger partial charge in [0.1, 0.15) is 5.54 Å². The van der Waals surface area contributed by atoms with Gasteiger partial charge in [-0.1, -0.05) is 11.6 Å². The molecule has 21 heavy (non-hydrogen) atoms. The summed E-state index contributed by atoms with van der Waals surface area (Å²) >= 11 is 6.12. The number of halogens is 1. The third-order valence-corrected chi connectivity index (χ3v) is 4.69. The van der Waals surface area contributed by atoms with E-state index in [0.717, 1.165) is 18.4 Å². The van der Waals surface area contributed by atoms with Crippen LogP contribution in [0.3, 0.4) is 0 Å². The zero-order valence-corrected chi connectivity index (χ0v) is 12.7. The summed E-state index contributed by atoms with van der Waals surface area (Å²) in [6.07, 6.45) is 5.55. The highest BCUT2D eigenvalue weighted by atomic mass is 35.5. The first-order chi connectivity index (χ1) is 10.0. The van der Waals surface area contributed by atoms with Crippen molar-refractivity contribution >= 4 is 23.4 Å². The molecule has 2 fully saturated rings. The number of pyridine rings is 1. The molecule has 1 saturated carbocycles. The zero-order chi connectivity index (χ0) is 15.0. The normalized spacial score (nSPS) is 26.5. The molecule has 1 atom stereocenters. The first-order valence-corrected chi connectivity index (χ1v) is 7.57. The molecule has 2 amide bonds. The van der Waals surface area contributed by atoms with E-state index in [1.807, 2.05) is 13.0 Å². The Kier molecular flexibility index (Phi) is 3.61. The Morgan fingerprint density at radius 3 is 2.90 bits per heavy atom. The van der Waals surface area contributed by atoms with E-state index in [1.165, 1.54) is 0 Å². The average Bonchev–Trinajstić information content (AvgIpc) is 3.28. The minimum absolute atomic E-state index is 0.0104. The summed E-state index contributed by atoms with van der Waals surface area (Å²) in [5.41, 5.74) is 0.0834. The summed E-state index contributed by atoms with van der Waals surface area (Å²) in [6.45, 7) is 2.68. The van der Waals surface area contributed by atoms with Crippen molar-refractivity contribution in [3.63, 3.8) is 0 Å². The summed E-state index contributed by atoms with van der Waals surface area (Å²) in [6, 6.07) is 1.81. The Morgan fingerprint density at radius 2 is 2.24 bits per heavy atom. The molecule has 1 aliphatic carbocycles. The van der Waals surface area contributed by atoms with Gasteiger partial charge < -0.3 is 10.2 Å². The SMILES string of the molecule is CC1(C2CC2)NC(=O)CCN(Cc2ccncc2Cl)C1=O. The predicted molar refractivity (Wildman–Crippen MR) is 78.6 cm³/mol. The van der Waals surface area contributed by atoms with Crippen LogP contribution >= 0.6 is 11.6 Å². The molecule has 0 spiro atoms. The van der Waals surface area contributed by atoms with Crippen LogP contribution in [0.1, 0.15) is 31.7 Å². The largest absolute Gasteiger partial charge is 0.342 e. The molecule has 2 heterocycles. The molecule has 1 unspecified atom stereocenters. The van der Waals surface area contributed by atoms with Crippen LogP contribution in [0.5, 0.6) is 0 Å². The molecule has 112 valence electrons. The molecule has 0 radical (unpaired) electrons. The van der Waals surface area contributed by atoms with Gasteiger partial charge >= 0.3 is 0 Å². The molecule has 1 aromatic heterocycles. The van der Waals surface area contributed by atoms with Crippen LogP contribution < -0.4 is 5.32 Å². The molecule has 0 aromatic carbocycles. The lowest BCUT2D eigenvalue weighted by Gasteiger charge is -2.32. The second-order valence-electron chi connectivity index (χ2n) is 5.97. The number of aromatic nitrogens is 1. The van der Waals surface area contributed by atoms with Gasteiger partial charge in [0.05, 0.1) is 5.02 Å². The van der Waals surface area contributed by atoms with Crippen LogP contribution in [0.2, 0.25) is 5.02 Å². The first-order valence-electron chi connectivity index (χ1n) is 7.19. The summed E-state index contributed by atoms with van der Waals surface area (Å²) in [7, 11) is 0. The van der Waals surface area contributed by atoms with E-state index in [-0.39, 0.29) is 17.7 Å². The fourth-order valence-electron chi connectivity index (χ4n) is 2.90. The summed E-state index contributed by atoms with van der Waals surface area (Å²) in [5.74, 6) is 0.187. The van der Waals surface area contributed by atoms with Crippen LogP contribution in [-0.2, 0) is 16.1 Å². The van der Waals surface area contributed by atoms with Gasteiger partial charge in [-0.05, 0) is 37.3 Å². The highest BCUT2D eigenvalue weighted by Crippen LogP contribution is 2.41. The minimum Gasteiger partial charge on any atom is -0.342 e. The van der Waals surface area contributed by atoms with Gasteiger partial charge in [-0.2, -0.15) is 0 Å². The quantitative estimate of drug-likeness (QED) is 0.925. The van der Waals surface area contributed by atoms with Crippen LogP contribution in [-0.4, -0.2) is 33.8 Å². The molecule has 1 aliphatic heterocycles. The Labute approximate surface area is 128 Å². The van der Waals surface area contributed by atoms with Crippen LogP contribution in [0, 0.1) is 5.92 Å². The van der Waals surface area contributed by atoms with E-state index >= 15 is 0 Å². The van der Waals surface area contributed by atoms with Crippen LogP contribution in [0.4, 0.5) is 0 Å². The standard InChI is InChI=1S/C15H18ClN3O2/c1-15(11-2-3-11)14(21)19(7-5-13(20)18-15)9-10-4-6-17-8-12(10)16/h4,6,8,11H,2-3,5,7,9H2,1H3,(H,18,20). The summed E-state index contributed by atoms with van der Waals surface area (Å²) in [5, 5.41) is 3.47. The number of hydrogen-bond acceptors (Lipinski definition) is 3. The van der Waals surface area contributed by atoms with E-state index in [1.54, 1.807) is 17.3 Å². The molecule has 1 saturated heterocycles. The maximum atomic E-state index is 12.9. The van der Waals surface area contributed by atoms with Gasteiger partial charge in [0.25, 0.3) is 0 Å². The van der Waals surface area contributed by atoms with Crippen molar-refractivity contribution in [3.8, 4) is 0 Å². The molecule has 1 N–H and O–H groups in total. The van der Waals surface area contributed by atoms with Crippen molar-refractivity contribution in [2.75, 3.05) is 6.54 Å². The van der Waals surface area contributed by atoms with Gasteiger partial charge in [-0.25, -0.2) is 0 Å². The molecule has 5 nitrogen and oxygen atoms in total. The molecule has 3 rings (SSSR count). The predicted octanol–water partition coefficient (Wildman–Crippen LogP) is 1.75. The van der Waals surface area contributed by atoms with E-state index in [2.05, 4.69) is 10.3 Å². The van der Waals surface area contributed by atoms with Crippen molar-refractivity contribution in [1.29, 1.82) is 0 Å². The maximum absolute atomic E-state index is 12.9. The number of amides is 2. The number of nitrogens with one attached hydrogen (secondary N) is 1. The van der Waals surface area contributed by atoms with E-state index in [9.17, 15) is 9.59 Å². The van der Waals surface area contributed by atoms with Gasteiger partial charge in [0, 0.05) is 31.9 Å². The lowest BCUT2D eigenvalue weighted by Crippen LogP contribution is -2.56. The Balaban J connectivity index is 1.85. The van der Waals surface area contributed by atoms with Crippen molar-refractivity contribution in [3.05, 3.63) is 29.0 Å². The highest BCUT2D eigenvalue weighted by Gasteiger charge is 2.51. The number of rotatable bonds is 3. The van der Waals surface area contributed by atoms with Gasteiger partial charge in [-0.15, -0.1) is 0 Å². The average molecular weight is 308 g/mol. The van der Waals surface area contributed by atoms with Gasteiger partial charge in [0.15, 0.2) is 0 Å². The minimum atomic E-state index is -0.771. The second kappa shape index (κ2) is 5.30. The van der Waals surface area contributed by atoms with E-state index < -0.39 is 5.54 Å². The lowest BCUT2D eigenvalue weighted by molar-refractivity contribution is -0.139. The second-order valence-corrected chi connectivity index (χ2v) is 6.38. The molecule has 2 aliphatic rings. The third kappa shape index (κ3) is 2.75. The van der Waals surface area contributed by atoms with Crippen molar-refractivity contribution in [2.24, 2.45) is 5.92 Å². The number of hydrogen-bond donors (Lipinski definition) is 1. The van der Waals surface area contributed by atoms with Crippen molar-refractivity contribution in [2.45, 2.75) is 38.3 Å².